The maximum atomic E-state index is 12.4. The van der Waals surface area contributed by atoms with Crippen LogP contribution >= 0.6 is 39.1 Å². The van der Waals surface area contributed by atoms with E-state index in [0.29, 0.717) is 25.8 Å². The number of carbonyl (C=O) groups is 1. The van der Waals surface area contributed by atoms with Gasteiger partial charge < -0.3 is 5.32 Å². The van der Waals surface area contributed by atoms with Crippen LogP contribution in [0.1, 0.15) is 36.1 Å². The number of carbonyl (C=O) groups excluding carboxylic acids is 1. The summed E-state index contributed by atoms with van der Waals surface area (Å²) in [5, 5.41) is 7.43. The Kier molecular flexibility index (Phi) is 4.46. The molecule has 0 saturated carbocycles. The predicted molar refractivity (Wildman–Crippen MR) is 85.7 cm³/mol. The molecule has 1 aromatic heterocycles. The lowest BCUT2D eigenvalue weighted by molar-refractivity contribution is 0.102. The molecule has 20 heavy (non-hydrogen) atoms. The van der Waals surface area contributed by atoms with Gasteiger partial charge in [0.2, 0.25) is 0 Å². The van der Waals surface area contributed by atoms with Gasteiger partial charge in [-0.05, 0) is 39.6 Å². The summed E-state index contributed by atoms with van der Waals surface area (Å²) in [6.45, 7) is 5.99. The molecular formula is C13H13BrClN3OS. The SMILES string of the molecule is CC(C)(C)c1nnsc1C(=O)Nc1cccc(Cl)c1Br. The monoisotopic (exact) mass is 373 g/mol. The van der Waals surface area contributed by atoms with Gasteiger partial charge in [0.25, 0.3) is 5.91 Å². The van der Waals surface area contributed by atoms with Crippen LogP contribution in [0.2, 0.25) is 5.02 Å². The number of hydrogen-bond donors (Lipinski definition) is 1. The van der Waals surface area contributed by atoms with Gasteiger partial charge in [-0.15, -0.1) is 5.10 Å². The Morgan fingerprint density at radius 3 is 2.75 bits per heavy atom. The largest absolute Gasteiger partial charge is 0.320 e. The van der Waals surface area contributed by atoms with Crippen LogP contribution in [0.3, 0.4) is 0 Å². The normalized spacial score (nSPS) is 11.4. The third-order valence-corrected chi connectivity index (χ3v) is 4.73. The van der Waals surface area contributed by atoms with Gasteiger partial charge in [0.15, 0.2) is 0 Å². The molecule has 0 aliphatic heterocycles. The average Bonchev–Trinajstić information content (AvgIpc) is 2.84. The number of anilines is 1. The smallest absolute Gasteiger partial charge is 0.269 e. The summed E-state index contributed by atoms with van der Waals surface area (Å²) >= 11 is 10.5. The zero-order chi connectivity index (χ0) is 14.9. The van der Waals surface area contributed by atoms with Gasteiger partial charge in [0.1, 0.15) is 4.88 Å². The van der Waals surface area contributed by atoms with Gasteiger partial charge >= 0.3 is 0 Å². The van der Waals surface area contributed by atoms with Gasteiger partial charge in [-0.2, -0.15) is 0 Å². The van der Waals surface area contributed by atoms with Crippen LogP contribution in [0.5, 0.6) is 0 Å². The van der Waals surface area contributed by atoms with E-state index < -0.39 is 0 Å². The first-order valence-electron chi connectivity index (χ1n) is 5.89. The van der Waals surface area contributed by atoms with E-state index in [1.165, 1.54) is 0 Å². The van der Waals surface area contributed by atoms with Crippen molar-refractivity contribution >= 4 is 50.7 Å². The quantitative estimate of drug-likeness (QED) is 0.841. The fourth-order valence-electron chi connectivity index (χ4n) is 1.61. The van der Waals surface area contributed by atoms with Gasteiger partial charge in [-0.25, -0.2) is 0 Å². The number of hydrogen-bond acceptors (Lipinski definition) is 4. The van der Waals surface area contributed by atoms with Crippen molar-refractivity contribution < 1.29 is 4.79 Å². The number of nitrogens with zero attached hydrogens (tertiary/aromatic N) is 2. The van der Waals surface area contributed by atoms with Crippen molar-refractivity contribution in [3.05, 3.63) is 38.3 Å². The summed E-state index contributed by atoms with van der Waals surface area (Å²) in [5.74, 6) is -0.229. The second-order valence-electron chi connectivity index (χ2n) is 5.26. The van der Waals surface area contributed by atoms with E-state index in [1.807, 2.05) is 20.8 Å². The fourth-order valence-corrected chi connectivity index (χ4v) is 2.92. The lowest BCUT2D eigenvalue weighted by Gasteiger charge is -2.16. The van der Waals surface area contributed by atoms with Crippen molar-refractivity contribution in [2.75, 3.05) is 5.32 Å². The van der Waals surface area contributed by atoms with Gasteiger partial charge in [0, 0.05) is 5.41 Å². The Morgan fingerprint density at radius 2 is 2.10 bits per heavy atom. The molecule has 4 nitrogen and oxygen atoms in total. The average molecular weight is 375 g/mol. The number of amides is 1. The summed E-state index contributed by atoms with van der Waals surface area (Å²) in [6, 6.07) is 5.30. The highest BCUT2D eigenvalue weighted by Gasteiger charge is 2.26. The van der Waals surface area contributed by atoms with E-state index in [2.05, 4.69) is 30.8 Å². The molecule has 106 valence electrons. The maximum absolute atomic E-state index is 12.4. The zero-order valence-corrected chi connectivity index (χ0v) is 14.4. The van der Waals surface area contributed by atoms with Crippen molar-refractivity contribution in [1.29, 1.82) is 0 Å². The van der Waals surface area contributed by atoms with Gasteiger partial charge in [0.05, 0.1) is 20.9 Å². The third kappa shape index (κ3) is 3.19. The van der Waals surface area contributed by atoms with E-state index in [-0.39, 0.29) is 11.3 Å². The number of aromatic nitrogens is 2. The molecule has 2 rings (SSSR count). The molecule has 0 unspecified atom stereocenters. The third-order valence-electron chi connectivity index (χ3n) is 2.60. The molecule has 1 amide bonds. The van der Waals surface area contributed by atoms with Crippen molar-refractivity contribution in [2.45, 2.75) is 26.2 Å². The Morgan fingerprint density at radius 1 is 1.40 bits per heavy atom. The summed E-state index contributed by atoms with van der Waals surface area (Å²) in [7, 11) is 0. The summed E-state index contributed by atoms with van der Waals surface area (Å²) in [4.78, 5) is 12.9. The minimum absolute atomic E-state index is 0.229. The molecule has 0 fully saturated rings. The highest BCUT2D eigenvalue weighted by molar-refractivity contribution is 9.10. The Hall–Kier alpha value is -0.980. The van der Waals surface area contributed by atoms with Crippen LogP contribution in [-0.2, 0) is 5.41 Å². The topological polar surface area (TPSA) is 54.9 Å². The molecular weight excluding hydrogens is 362 g/mol. The Bertz CT molecular complexity index is 651. The molecule has 1 heterocycles. The number of halogens is 2. The first-order chi connectivity index (χ1) is 9.30. The molecule has 0 bridgehead atoms. The summed E-state index contributed by atoms with van der Waals surface area (Å²) in [5.41, 5.74) is 1.08. The molecule has 1 aromatic carbocycles. The van der Waals surface area contributed by atoms with E-state index in [0.717, 1.165) is 11.5 Å². The van der Waals surface area contributed by atoms with Crippen LogP contribution in [0, 0.1) is 0 Å². The predicted octanol–water partition coefficient (Wildman–Crippen LogP) is 4.50. The number of benzene rings is 1. The molecule has 1 N–H and O–H groups in total. The number of rotatable bonds is 2. The van der Waals surface area contributed by atoms with Gasteiger partial charge in [-0.3, -0.25) is 4.79 Å². The standard InChI is InChI=1S/C13H13BrClN3OS/c1-13(2,3)11-10(20-18-17-11)12(19)16-8-6-4-5-7(15)9(8)14/h4-6H,1-3H3,(H,16,19). The molecule has 0 radical (unpaired) electrons. The molecule has 0 atom stereocenters. The van der Waals surface area contributed by atoms with Crippen molar-refractivity contribution in [1.82, 2.24) is 9.59 Å². The minimum atomic E-state index is -0.231. The lowest BCUT2D eigenvalue weighted by atomic mass is 9.91. The van der Waals surface area contributed by atoms with E-state index >= 15 is 0 Å². The summed E-state index contributed by atoms with van der Waals surface area (Å²) in [6.07, 6.45) is 0. The molecule has 0 aliphatic carbocycles. The van der Waals surface area contributed by atoms with E-state index in [1.54, 1.807) is 18.2 Å². The fraction of sp³-hybridized carbons (Fsp3) is 0.308. The van der Waals surface area contributed by atoms with Crippen molar-refractivity contribution in [3.63, 3.8) is 0 Å². The second kappa shape index (κ2) is 5.79. The maximum Gasteiger partial charge on any atom is 0.269 e. The second-order valence-corrected chi connectivity index (χ2v) is 7.21. The first kappa shape index (κ1) is 15.4. The summed E-state index contributed by atoms with van der Waals surface area (Å²) < 4.78 is 4.54. The molecule has 0 saturated heterocycles. The van der Waals surface area contributed by atoms with Crippen LogP contribution < -0.4 is 5.32 Å². The molecule has 7 heteroatoms. The van der Waals surface area contributed by atoms with Gasteiger partial charge in [-0.1, -0.05) is 42.9 Å². The number of nitrogens with one attached hydrogen (secondary N) is 1. The highest BCUT2D eigenvalue weighted by atomic mass is 79.9. The van der Waals surface area contributed by atoms with Crippen LogP contribution in [0.25, 0.3) is 0 Å². The Labute approximate surface area is 134 Å². The molecule has 2 aromatic rings. The minimum Gasteiger partial charge on any atom is -0.320 e. The zero-order valence-electron chi connectivity index (χ0n) is 11.2. The van der Waals surface area contributed by atoms with Crippen molar-refractivity contribution in [2.24, 2.45) is 0 Å². The lowest BCUT2D eigenvalue weighted by Crippen LogP contribution is -2.20. The molecule has 0 spiro atoms. The first-order valence-corrected chi connectivity index (χ1v) is 7.83. The van der Waals surface area contributed by atoms with Crippen LogP contribution in [-0.4, -0.2) is 15.5 Å². The molecule has 0 aliphatic rings. The van der Waals surface area contributed by atoms with E-state index in [9.17, 15) is 4.79 Å². The van der Waals surface area contributed by atoms with Crippen LogP contribution in [0.4, 0.5) is 5.69 Å². The van der Waals surface area contributed by atoms with Crippen LogP contribution in [0.15, 0.2) is 22.7 Å². The Balaban J connectivity index is 2.30. The highest BCUT2D eigenvalue weighted by Crippen LogP contribution is 2.31. The van der Waals surface area contributed by atoms with Crippen molar-refractivity contribution in [3.8, 4) is 0 Å². The van der Waals surface area contributed by atoms with E-state index in [4.69, 9.17) is 11.6 Å².